The van der Waals surface area contributed by atoms with Gasteiger partial charge in [0.15, 0.2) is 11.8 Å². The van der Waals surface area contributed by atoms with Crippen molar-refractivity contribution in [3.05, 3.63) is 47.2 Å². The van der Waals surface area contributed by atoms with Crippen LogP contribution in [0.5, 0.6) is 0 Å². The second-order valence-electron chi connectivity index (χ2n) is 6.21. The molecule has 0 radical (unpaired) electrons. The maximum Gasteiger partial charge on any atom is 0.191 e. The predicted molar refractivity (Wildman–Crippen MR) is 96.3 cm³/mol. The van der Waals surface area contributed by atoms with E-state index in [0.29, 0.717) is 13.1 Å². The summed E-state index contributed by atoms with van der Waals surface area (Å²) in [6.07, 6.45) is 2.17. The lowest BCUT2D eigenvalue weighted by Crippen LogP contribution is -2.37. The van der Waals surface area contributed by atoms with E-state index in [2.05, 4.69) is 43.4 Å². The maximum absolute atomic E-state index is 5.93. The second-order valence-corrected chi connectivity index (χ2v) is 6.21. The number of benzene rings is 1. The van der Waals surface area contributed by atoms with E-state index < -0.39 is 0 Å². The van der Waals surface area contributed by atoms with Crippen molar-refractivity contribution < 1.29 is 4.42 Å². The van der Waals surface area contributed by atoms with Crippen LogP contribution in [0.3, 0.4) is 0 Å². The number of furan rings is 1. The van der Waals surface area contributed by atoms with Gasteiger partial charge in [0.2, 0.25) is 0 Å². The van der Waals surface area contributed by atoms with Gasteiger partial charge in [0.25, 0.3) is 0 Å². The third kappa shape index (κ3) is 2.97. The lowest BCUT2D eigenvalue weighted by atomic mass is 10.1. The Morgan fingerprint density at radius 3 is 2.92 bits per heavy atom. The SMILES string of the molecule is CN=C(NCc1oc2ccccc2c1C)NCc1nnc2n1CCC2. The van der Waals surface area contributed by atoms with Crippen molar-refractivity contribution in [2.45, 2.75) is 39.4 Å². The lowest BCUT2D eigenvalue weighted by Gasteiger charge is -2.11. The molecule has 3 aromatic rings. The van der Waals surface area contributed by atoms with Crippen molar-refractivity contribution in [2.24, 2.45) is 4.99 Å². The molecule has 1 aliphatic heterocycles. The van der Waals surface area contributed by atoms with E-state index in [9.17, 15) is 0 Å². The summed E-state index contributed by atoms with van der Waals surface area (Å²) in [4.78, 5) is 4.28. The molecular formula is C18H22N6O. The Labute approximate surface area is 146 Å². The molecule has 3 heterocycles. The Kier molecular flexibility index (Phi) is 4.13. The number of guanidine groups is 1. The van der Waals surface area contributed by atoms with Gasteiger partial charge in [-0.1, -0.05) is 18.2 Å². The molecule has 1 aliphatic rings. The van der Waals surface area contributed by atoms with Crippen molar-refractivity contribution in [2.75, 3.05) is 7.05 Å². The summed E-state index contributed by atoms with van der Waals surface area (Å²) in [6.45, 7) is 4.27. The zero-order valence-electron chi connectivity index (χ0n) is 14.5. The minimum atomic E-state index is 0.581. The summed E-state index contributed by atoms with van der Waals surface area (Å²) in [6, 6.07) is 8.08. The van der Waals surface area contributed by atoms with Crippen LogP contribution in [-0.4, -0.2) is 27.8 Å². The topological polar surface area (TPSA) is 80.3 Å². The number of fused-ring (bicyclic) bond motifs is 2. The molecule has 7 nitrogen and oxygen atoms in total. The summed E-state index contributed by atoms with van der Waals surface area (Å²) in [7, 11) is 1.76. The Morgan fingerprint density at radius 2 is 2.08 bits per heavy atom. The van der Waals surface area contributed by atoms with Gasteiger partial charge in [0, 0.05) is 31.0 Å². The van der Waals surface area contributed by atoms with Crippen LogP contribution in [-0.2, 0) is 26.1 Å². The maximum atomic E-state index is 5.93. The van der Waals surface area contributed by atoms with Crippen molar-refractivity contribution in [3.63, 3.8) is 0 Å². The molecule has 2 aromatic heterocycles. The van der Waals surface area contributed by atoms with Gasteiger partial charge in [0.1, 0.15) is 17.2 Å². The van der Waals surface area contributed by atoms with Gasteiger partial charge in [0.05, 0.1) is 13.1 Å². The van der Waals surface area contributed by atoms with E-state index in [0.717, 1.165) is 59.3 Å². The molecule has 0 bridgehead atoms. The number of nitrogens with one attached hydrogen (secondary N) is 2. The Hall–Kier alpha value is -2.83. The predicted octanol–water partition coefficient (Wildman–Crippen LogP) is 2.14. The highest BCUT2D eigenvalue weighted by molar-refractivity contribution is 5.82. The molecule has 0 aliphatic carbocycles. The smallest absolute Gasteiger partial charge is 0.191 e. The van der Waals surface area contributed by atoms with E-state index in [1.54, 1.807) is 7.05 Å². The molecule has 0 amide bonds. The van der Waals surface area contributed by atoms with Crippen LogP contribution in [0.2, 0.25) is 0 Å². The summed E-state index contributed by atoms with van der Waals surface area (Å²) in [5.74, 6) is 3.68. The van der Waals surface area contributed by atoms with Crippen molar-refractivity contribution >= 4 is 16.9 Å². The molecule has 2 N–H and O–H groups in total. The summed E-state index contributed by atoms with van der Waals surface area (Å²) < 4.78 is 8.12. The molecule has 25 heavy (non-hydrogen) atoms. The first-order valence-corrected chi connectivity index (χ1v) is 8.58. The average molecular weight is 338 g/mol. The molecule has 0 atom stereocenters. The normalized spacial score (nSPS) is 14.1. The molecule has 4 rings (SSSR count). The molecule has 0 spiro atoms. The largest absolute Gasteiger partial charge is 0.459 e. The number of rotatable bonds is 4. The van der Waals surface area contributed by atoms with Gasteiger partial charge in [-0.15, -0.1) is 10.2 Å². The average Bonchev–Trinajstić information content (AvgIpc) is 3.32. The van der Waals surface area contributed by atoms with Gasteiger partial charge >= 0.3 is 0 Å². The van der Waals surface area contributed by atoms with E-state index in [1.807, 2.05) is 18.2 Å². The first-order chi connectivity index (χ1) is 12.3. The van der Waals surface area contributed by atoms with Gasteiger partial charge in [-0.25, -0.2) is 0 Å². The van der Waals surface area contributed by atoms with Crippen LogP contribution in [0.4, 0.5) is 0 Å². The highest BCUT2D eigenvalue weighted by Crippen LogP contribution is 2.24. The highest BCUT2D eigenvalue weighted by Gasteiger charge is 2.17. The minimum Gasteiger partial charge on any atom is -0.459 e. The van der Waals surface area contributed by atoms with Gasteiger partial charge in [-0.05, 0) is 19.4 Å². The van der Waals surface area contributed by atoms with Gasteiger partial charge in [-0.2, -0.15) is 0 Å². The molecule has 7 heteroatoms. The Bertz CT molecular complexity index is 923. The number of nitrogens with zero attached hydrogens (tertiary/aromatic N) is 4. The number of hydrogen-bond donors (Lipinski definition) is 2. The molecule has 1 aromatic carbocycles. The van der Waals surface area contributed by atoms with Crippen molar-refractivity contribution in [3.8, 4) is 0 Å². The molecule has 130 valence electrons. The van der Waals surface area contributed by atoms with Crippen molar-refractivity contribution in [1.82, 2.24) is 25.4 Å². The van der Waals surface area contributed by atoms with E-state index in [4.69, 9.17) is 4.42 Å². The van der Waals surface area contributed by atoms with E-state index in [-0.39, 0.29) is 0 Å². The first-order valence-electron chi connectivity index (χ1n) is 8.58. The second kappa shape index (κ2) is 6.58. The Morgan fingerprint density at radius 1 is 1.24 bits per heavy atom. The van der Waals surface area contributed by atoms with E-state index in [1.165, 1.54) is 0 Å². The monoisotopic (exact) mass is 338 g/mol. The zero-order valence-corrected chi connectivity index (χ0v) is 14.5. The molecule has 0 saturated heterocycles. The fourth-order valence-corrected chi connectivity index (χ4v) is 3.28. The fourth-order valence-electron chi connectivity index (χ4n) is 3.28. The van der Waals surface area contributed by atoms with E-state index >= 15 is 0 Å². The summed E-state index contributed by atoms with van der Waals surface area (Å²) in [5, 5.41) is 16.2. The van der Waals surface area contributed by atoms with Gasteiger partial charge < -0.3 is 19.6 Å². The number of aryl methyl sites for hydroxylation is 2. The van der Waals surface area contributed by atoms with Crippen LogP contribution in [0, 0.1) is 6.92 Å². The molecule has 0 unspecified atom stereocenters. The minimum absolute atomic E-state index is 0.581. The van der Waals surface area contributed by atoms with Crippen LogP contribution in [0.15, 0.2) is 33.7 Å². The lowest BCUT2D eigenvalue weighted by molar-refractivity contribution is 0.534. The van der Waals surface area contributed by atoms with Crippen LogP contribution in [0.25, 0.3) is 11.0 Å². The number of hydrogen-bond acceptors (Lipinski definition) is 4. The third-order valence-corrected chi connectivity index (χ3v) is 4.68. The van der Waals surface area contributed by atoms with Crippen LogP contribution in [0.1, 0.15) is 29.4 Å². The van der Waals surface area contributed by atoms with Crippen LogP contribution < -0.4 is 10.6 Å². The number of para-hydroxylation sites is 1. The molecule has 0 fully saturated rings. The first kappa shape index (κ1) is 15.7. The third-order valence-electron chi connectivity index (χ3n) is 4.68. The fraction of sp³-hybridized carbons (Fsp3) is 0.389. The highest BCUT2D eigenvalue weighted by atomic mass is 16.3. The summed E-state index contributed by atoms with van der Waals surface area (Å²) >= 11 is 0. The zero-order chi connectivity index (χ0) is 17.2. The summed E-state index contributed by atoms with van der Waals surface area (Å²) in [5.41, 5.74) is 2.08. The standard InChI is InChI=1S/C18H22N6O/c1-12-13-6-3-4-7-14(13)25-15(12)10-20-18(19-2)21-11-17-23-22-16-8-5-9-24(16)17/h3-4,6-7H,5,8-11H2,1-2H3,(H2,19,20,21). The number of aromatic nitrogens is 3. The quantitative estimate of drug-likeness (QED) is 0.563. The number of aliphatic imine (C=N–C) groups is 1. The van der Waals surface area contributed by atoms with Crippen LogP contribution >= 0.6 is 0 Å². The van der Waals surface area contributed by atoms with Gasteiger partial charge in [-0.3, -0.25) is 4.99 Å². The Balaban J connectivity index is 1.39. The molecular weight excluding hydrogens is 316 g/mol. The van der Waals surface area contributed by atoms with Crippen molar-refractivity contribution in [1.29, 1.82) is 0 Å². The molecule has 0 saturated carbocycles.